The van der Waals surface area contributed by atoms with E-state index < -0.39 is 0 Å². The zero-order valence-electron chi connectivity index (χ0n) is 11.5. The smallest absolute Gasteiger partial charge is 0.264 e. The first-order chi connectivity index (χ1) is 9.24. The summed E-state index contributed by atoms with van der Waals surface area (Å²) in [6.07, 6.45) is 4.81. The standard InChI is InChI=1S/C15H22N2OS/c1-11-2-5-14(19-11)15(18)17(13-3-4-13)10-12-6-8-16-9-7-12/h2,5,12-13,16H,3-4,6-10H2,1H3. The Bertz CT molecular complexity index is 447. The molecule has 1 aromatic rings. The highest BCUT2D eigenvalue weighted by Crippen LogP contribution is 2.31. The number of rotatable bonds is 4. The van der Waals surface area contributed by atoms with Gasteiger partial charge >= 0.3 is 0 Å². The molecular formula is C15H22N2OS. The predicted octanol–water partition coefficient (Wildman–Crippen LogP) is 2.66. The molecule has 2 heterocycles. The molecule has 3 rings (SSSR count). The third-order valence-corrected chi connectivity index (χ3v) is 5.10. The maximum Gasteiger partial charge on any atom is 0.264 e. The van der Waals surface area contributed by atoms with Crippen LogP contribution in [-0.2, 0) is 0 Å². The van der Waals surface area contributed by atoms with Crippen molar-refractivity contribution in [1.29, 1.82) is 0 Å². The molecule has 19 heavy (non-hydrogen) atoms. The number of hydrogen-bond donors (Lipinski definition) is 1. The van der Waals surface area contributed by atoms with Crippen molar-refractivity contribution in [3.05, 3.63) is 21.9 Å². The van der Waals surface area contributed by atoms with E-state index in [9.17, 15) is 4.79 Å². The lowest BCUT2D eigenvalue weighted by molar-refractivity contribution is 0.0706. The minimum Gasteiger partial charge on any atom is -0.335 e. The number of hydrogen-bond acceptors (Lipinski definition) is 3. The molecule has 1 amide bonds. The van der Waals surface area contributed by atoms with Gasteiger partial charge in [0.25, 0.3) is 5.91 Å². The van der Waals surface area contributed by atoms with Crippen molar-refractivity contribution in [3.8, 4) is 0 Å². The number of amides is 1. The Morgan fingerprint density at radius 1 is 1.32 bits per heavy atom. The summed E-state index contributed by atoms with van der Waals surface area (Å²) in [6, 6.07) is 4.55. The topological polar surface area (TPSA) is 32.3 Å². The van der Waals surface area contributed by atoms with Gasteiger partial charge in [0, 0.05) is 17.5 Å². The molecule has 1 aliphatic heterocycles. The molecule has 1 aromatic heterocycles. The second-order valence-electron chi connectivity index (χ2n) is 5.79. The van der Waals surface area contributed by atoms with E-state index in [2.05, 4.69) is 17.1 Å². The number of piperidine rings is 1. The molecule has 3 nitrogen and oxygen atoms in total. The first-order valence-electron chi connectivity index (χ1n) is 7.32. The number of nitrogens with zero attached hydrogens (tertiary/aromatic N) is 1. The van der Waals surface area contributed by atoms with Crippen LogP contribution in [-0.4, -0.2) is 36.5 Å². The van der Waals surface area contributed by atoms with Gasteiger partial charge < -0.3 is 10.2 Å². The third kappa shape index (κ3) is 3.18. The van der Waals surface area contributed by atoms with Gasteiger partial charge in [-0.05, 0) is 63.7 Å². The number of aryl methyl sites for hydroxylation is 1. The van der Waals surface area contributed by atoms with Crippen molar-refractivity contribution in [1.82, 2.24) is 10.2 Å². The van der Waals surface area contributed by atoms with Gasteiger partial charge in [0.15, 0.2) is 0 Å². The fraction of sp³-hybridized carbons (Fsp3) is 0.667. The van der Waals surface area contributed by atoms with Gasteiger partial charge in [0.2, 0.25) is 0 Å². The number of carbonyl (C=O) groups is 1. The van der Waals surface area contributed by atoms with Crippen molar-refractivity contribution in [2.45, 2.75) is 38.6 Å². The van der Waals surface area contributed by atoms with Crippen molar-refractivity contribution in [3.63, 3.8) is 0 Å². The Labute approximate surface area is 119 Å². The van der Waals surface area contributed by atoms with Crippen LogP contribution in [0.25, 0.3) is 0 Å². The average molecular weight is 278 g/mol. The monoisotopic (exact) mass is 278 g/mol. The van der Waals surface area contributed by atoms with Gasteiger partial charge in [-0.3, -0.25) is 4.79 Å². The number of nitrogens with one attached hydrogen (secondary N) is 1. The largest absolute Gasteiger partial charge is 0.335 e. The normalized spacial score (nSPS) is 20.5. The molecule has 0 bridgehead atoms. The third-order valence-electron chi connectivity index (χ3n) is 4.11. The molecule has 1 saturated carbocycles. The Kier molecular flexibility index (Phi) is 3.89. The fourth-order valence-corrected chi connectivity index (χ4v) is 3.64. The summed E-state index contributed by atoms with van der Waals surface area (Å²) in [5.74, 6) is 0.950. The average Bonchev–Trinajstić information content (AvgIpc) is 3.18. The molecule has 2 aliphatic rings. The van der Waals surface area contributed by atoms with Crippen LogP contribution in [0.2, 0.25) is 0 Å². The molecular weight excluding hydrogens is 256 g/mol. The van der Waals surface area contributed by atoms with Crippen molar-refractivity contribution in [2.24, 2.45) is 5.92 Å². The van der Waals surface area contributed by atoms with Gasteiger partial charge in [-0.15, -0.1) is 11.3 Å². The minimum absolute atomic E-state index is 0.263. The Morgan fingerprint density at radius 2 is 2.05 bits per heavy atom. The summed E-state index contributed by atoms with van der Waals surface area (Å²) < 4.78 is 0. The van der Waals surface area contributed by atoms with E-state index in [1.807, 2.05) is 12.1 Å². The van der Waals surface area contributed by atoms with E-state index in [4.69, 9.17) is 0 Å². The summed E-state index contributed by atoms with van der Waals surface area (Å²) in [4.78, 5) is 16.9. The van der Waals surface area contributed by atoms with Gasteiger partial charge in [-0.25, -0.2) is 0 Å². The van der Waals surface area contributed by atoms with Crippen molar-refractivity contribution >= 4 is 17.2 Å². The van der Waals surface area contributed by atoms with E-state index in [0.29, 0.717) is 12.0 Å². The van der Waals surface area contributed by atoms with Gasteiger partial charge in [0.1, 0.15) is 0 Å². The van der Waals surface area contributed by atoms with Crippen LogP contribution in [0.5, 0.6) is 0 Å². The number of thiophene rings is 1. The van der Waals surface area contributed by atoms with Gasteiger partial charge in [0.05, 0.1) is 4.88 Å². The molecule has 2 fully saturated rings. The van der Waals surface area contributed by atoms with E-state index in [1.165, 1.54) is 30.6 Å². The van der Waals surface area contributed by atoms with Crippen LogP contribution in [0.15, 0.2) is 12.1 Å². The van der Waals surface area contributed by atoms with Crippen molar-refractivity contribution < 1.29 is 4.79 Å². The van der Waals surface area contributed by atoms with Crippen LogP contribution in [0, 0.1) is 12.8 Å². The summed E-state index contributed by atoms with van der Waals surface area (Å²) in [6.45, 7) is 5.24. The fourth-order valence-electron chi connectivity index (χ4n) is 2.82. The molecule has 0 unspecified atom stereocenters. The van der Waals surface area contributed by atoms with E-state index in [-0.39, 0.29) is 5.91 Å². The van der Waals surface area contributed by atoms with Crippen LogP contribution in [0.4, 0.5) is 0 Å². The van der Waals surface area contributed by atoms with Crippen LogP contribution in [0.3, 0.4) is 0 Å². The Morgan fingerprint density at radius 3 is 2.63 bits per heavy atom. The Balaban J connectivity index is 1.68. The lowest BCUT2D eigenvalue weighted by Gasteiger charge is -2.30. The maximum atomic E-state index is 12.6. The lowest BCUT2D eigenvalue weighted by atomic mass is 9.97. The second kappa shape index (κ2) is 5.63. The van der Waals surface area contributed by atoms with E-state index in [0.717, 1.165) is 24.5 Å². The first kappa shape index (κ1) is 13.1. The van der Waals surface area contributed by atoms with Crippen molar-refractivity contribution in [2.75, 3.05) is 19.6 Å². The summed E-state index contributed by atoms with van der Waals surface area (Å²) >= 11 is 1.63. The highest BCUT2D eigenvalue weighted by Gasteiger charge is 2.35. The zero-order chi connectivity index (χ0) is 13.2. The highest BCUT2D eigenvalue weighted by atomic mass is 32.1. The van der Waals surface area contributed by atoms with Crippen LogP contribution < -0.4 is 5.32 Å². The molecule has 0 atom stereocenters. The number of carbonyl (C=O) groups excluding carboxylic acids is 1. The predicted molar refractivity (Wildman–Crippen MR) is 78.7 cm³/mol. The highest BCUT2D eigenvalue weighted by molar-refractivity contribution is 7.13. The minimum atomic E-state index is 0.263. The van der Waals surface area contributed by atoms with Crippen LogP contribution >= 0.6 is 11.3 Å². The molecule has 104 valence electrons. The quantitative estimate of drug-likeness (QED) is 0.918. The summed E-state index contributed by atoms with van der Waals surface area (Å²) in [5, 5.41) is 3.40. The summed E-state index contributed by atoms with van der Waals surface area (Å²) in [7, 11) is 0. The molecule has 1 aliphatic carbocycles. The molecule has 0 spiro atoms. The molecule has 4 heteroatoms. The SMILES string of the molecule is Cc1ccc(C(=O)N(CC2CCNCC2)C2CC2)s1. The van der Waals surface area contributed by atoms with E-state index >= 15 is 0 Å². The Hall–Kier alpha value is -0.870. The van der Waals surface area contributed by atoms with Gasteiger partial charge in [-0.2, -0.15) is 0 Å². The second-order valence-corrected chi connectivity index (χ2v) is 7.08. The lowest BCUT2D eigenvalue weighted by Crippen LogP contribution is -2.40. The van der Waals surface area contributed by atoms with Gasteiger partial charge in [-0.1, -0.05) is 0 Å². The summed E-state index contributed by atoms with van der Waals surface area (Å²) in [5.41, 5.74) is 0. The van der Waals surface area contributed by atoms with Crippen LogP contribution in [0.1, 0.15) is 40.2 Å². The molecule has 1 N–H and O–H groups in total. The van der Waals surface area contributed by atoms with E-state index in [1.54, 1.807) is 11.3 Å². The maximum absolute atomic E-state index is 12.6. The first-order valence-corrected chi connectivity index (χ1v) is 8.14. The molecule has 0 radical (unpaired) electrons. The molecule has 1 saturated heterocycles. The zero-order valence-corrected chi connectivity index (χ0v) is 12.3. The molecule has 0 aromatic carbocycles.